The summed E-state index contributed by atoms with van der Waals surface area (Å²) in [5, 5.41) is 38.3. The average Bonchev–Trinajstić information content (AvgIpc) is 3.27. The van der Waals surface area contributed by atoms with Crippen LogP contribution in [0.2, 0.25) is 0 Å². The molecule has 0 radical (unpaired) electrons. The molecule has 1 rings (SSSR count). The minimum atomic E-state index is -1.64. The number of unbranched alkanes of at least 4 members (excludes halogenated alkanes) is 1. The van der Waals surface area contributed by atoms with Crippen LogP contribution >= 0.6 is 0 Å². The number of aliphatic imine (C=N–C) groups is 1. The first-order valence-corrected chi connectivity index (χ1v) is 24.1. The number of aliphatic hydroxyl groups is 1. The number of primary amides is 1. The lowest BCUT2D eigenvalue weighted by Crippen LogP contribution is -2.62. The van der Waals surface area contributed by atoms with Gasteiger partial charge in [-0.05, 0) is 81.7 Å². The summed E-state index contributed by atoms with van der Waals surface area (Å²) in [5.74, 6) is -9.07. The molecule has 400 valence electrons. The number of guanidine groups is 1. The topological polar surface area (TPSA) is 421 Å². The SMILES string of the molecule is CC(C)C[C@H](NC(=O)[C@H](CC(N)=O)NC(=O)[C@H](Cc1ccccc1)NC(=O)[C@H](CC(C)C)NC(=O)[C@H](CCCN=C(N)N)NC(=O)[C@@H](NC(=O)[C@H](CC(C)C)NC(=O)[C@@H](N)CCCCN)[C@@H](C)O)C(=O)O. The molecule has 0 aliphatic heterocycles. The lowest BCUT2D eigenvalue weighted by atomic mass is 9.99. The molecule has 24 nitrogen and oxygen atoms in total. The van der Waals surface area contributed by atoms with Gasteiger partial charge >= 0.3 is 5.97 Å². The highest BCUT2D eigenvalue weighted by molar-refractivity contribution is 5.98. The van der Waals surface area contributed by atoms with Crippen LogP contribution in [0.3, 0.4) is 0 Å². The molecule has 0 aliphatic rings. The van der Waals surface area contributed by atoms with Crippen LogP contribution in [-0.4, -0.2) is 137 Å². The Morgan fingerprint density at radius 2 is 1.00 bits per heavy atom. The molecule has 0 unspecified atom stereocenters. The van der Waals surface area contributed by atoms with Gasteiger partial charge in [0.05, 0.1) is 18.6 Å². The van der Waals surface area contributed by atoms with Crippen molar-refractivity contribution < 1.29 is 53.4 Å². The number of aliphatic carboxylic acids is 1. The van der Waals surface area contributed by atoms with E-state index in [2.05, 4.69) is 42.2 Å². The van der Waals surface area contributed by atoms with Crippen molar-refractivity contribution in [2.24, 2.45) is 51.4 Å². The predicted molar refractivity (Wildman–Crippen MR) is 266 cm³/mol. The van der Waals surface area contributed by atoms with Crippen molar-refractivity contribution in [1.82, 2.24) is 37.2 Å². The fourth-order valence-corrected chi connectivity index (χ4v) is 7.27. The van der Waals surface area contributed by atoms with E-state index >= 15 is 0 Å². The van der Waals surface area contributed by atoms with Gasteiger partial charge in [-0.25, -0.2) is 4.79 Å². The molecule has 0 fully saturated rings. The Kier molecular flexibility index (Phi) is 28.6. The van der Waals surface area contributed by atoms with Crippen LogP contribution in [0, 0.1) is 17.8 Å². The molecule has 19 N–H and O–H groups in total. The average molecular weight is 1000 g/mol. The van der Waals surface area contributed by atoms with E-state index in [9.17, 15) is 53.4 Å². The molecular weight excluding hydrogens is 923 g/mol. The van der Waals surface area contributed by atoms with E-state index in [0.29, 0.717) is 31.4 Å². The molecule has 0 aliphatic carbocycles. The van der Waals surface area contributed by atoms with Gasteiger partial charge in [-0.3, -0.25) is 43.3 Å². The molecule has 0 aromatic heterocycles. The Bertz CT molecular complexity index is 1930. The van der Waals surface area contributed by atoms with Gasteiger partial charge in [-0.2, -0.15) is 0 Å². The van der Waals surface area contributed by atoms with E-state index in [1.807, 2.05) is 13.8 Å². The molecule has 8 amide bonds. The summed E-state index contributed by atoms with van der Waals surface area (Å²) < 4.78 is 0. The number of nitrogens with one attached hydrogen (secondary N) is 7. The number of carbonyl (C=O) groups is 9. The Balaban J connectivity index is 3.56. The molecule has 0 saturated carbocycles. The number of carboxylic acid groups (broad SMARTS) is 1. The van der Waals surface area contributed by atoms with Gasteiger partial charge in [-0.15, -0.1) is 0 Å². The quantitative estimate of drug-likeness (QED) is 0.0195. The van der Waals surface area contributed by atoms with E-state index in [0.717, 1.165) is 0 Å². The third kappa shape index (κ3) is 25.3. The van der Waals surface area contributed by atoms with Gasteiger partial charge in [0.15, 0.2) is 5.96 Å². The van der Waals surface area contributed by atoms with Crippen LogP contribution < -0.4 is 65.9 Å². The van der Waals surface area contributed by atoms with Crippen molar-refractivity contribution in [1.29, 1.82) is 0 Å². The molecule has 24 heteroatoms. The van der Waals surface area contributed by atoms with Crippen LogP contribution in [-0.2, 0) is 49.6 Å². The molecule has 0 heterocycles. The summed E-state index contributed by atoms with van der Waals surface area (Å²) in [7, 11) is 0. The summed E-state index contributed by atoms with van der Waals surface area (Å²) in [5.41, 5.74) is 28.6. The fraction of sp³-hybridized carbons (Fsp3) is 0.660. The molecule has 1 aromatic rings. The number of nitrogens with two attached hydrogens (primary N) is 5. The normalized spacial score (nSPS) is 15.1. The van der Waals surface area contributed by atoms with E-state index in [-0.39, 0.29) is 68.8 Å². The van der Waals surface area contributed by atoms with E-state index < -0.39 is 114 Å². The van der Waals surface area contributed by atoms with Crippen molar-refractivity contribution in [3.8, 4) is 0 Å². The van der Waals surface area contributed by atoms with Crippen LogP contribution in [0.4, 0.5) is 0 Å². The zero-order valence-electron chi connectivity index (χ0n) is 42.2. The number of aliphatic hydroxyl groups excluding tert-OH is 1. The first kappa shape index (κ1) is 62.6. The van der Waals surface area contributed by atoms with Crippen LogP contribution in [0.5, 0.6) is 0 Å². The van der Waals surface area contributed by atoms with Gasteiger partial charge in [0.25, 0.3) is 0 Å². The standard InChI is InChI=1S/C47H81N13O11/c1-25(2)20-32(41(65)57-34(23-29-14-9-8-10-15-29)42(66)58-35(24-37(50)62)43(67)59-36(46(70)71)22-27(5)6)56-40(64)31(17-13-19-53-47(51)52)54-45(69)38(28(7)61)60-44(68)33(21-26(3)4)55-39(63)30(49)16-11-12-18-48/h8-10,14-15,25-28,30-36,38,61H,11-13,16-24,48-49H2,1-7H3,(H2,50,62)(H,54,69)(H,55,63)(H,56,64)(H,57,65)(H,58,66)(H,59,67)(H,60,68)(H,70,71)(H4,51,52,53)/t28-,30+,31+,32+,33+,34+,35+,36+,38+/m1/s1. The number of amides is 8. The van der Waals surface area contributed by atoms with Gasteiger partial charge in [0, 0.05) is 13.0 Å². The Morgan fingerprint density at radius 3 is 1.51 bits per heavy atom. The molecule has 0 bridgehead atoms. The highest BCUT2D eigenvalue weighted by Crippen LogP contribution is 2.13. The zero-order valence-corrected chi connectivity index (χ0v) is 42.2. The number of carbonyl (C=O) groups excluding carboxylic acids is 8. The van der Waals surface area contributed by atoms with E-state index in [1.165, 1.54) is 6.92 Å². The second-order valence-electron chi connectivity index (χ2n) is 19.0. The first-order valence-electron chi connectivity index (χ1n) is 24.1. The van der Waals surface area contributed by atoms with Crippen molar-refractivity contribution in [3.63, 3.8) is 0 Å². The van der Waals surface area contributed by atoms with Crippen LogP contribution in [0.15, 0.2) is 35.3 Å². The Hall–Kier alpha value is -6.40. The van der Waals surface area contributed by atoms with Crippen molar-refractivity contribution in [3.05, 3.63) is 35.9 Å². The predicted octanol–water partition coefficient (Wildman–Crippen LogP) is -2.39. The summed E-state index contributed by atoms with van der Waals surface area (Å²) >= 11 is 0. The first-order chi connectivity index (χ1) is 33.2. The zero-order chi connectivity index (χ0) is 54.0. The number of rotatable bonds is 34. The fourth-order valence-electron chi connectivity index (χ4n) is 7.27. The number of hydrogen-bond acceptors (Lipinski definition) is 13. The second kappa shape index (κ2) is 32.5. The highest BCUT2D eigenvalue weighted by Gasteiger charge is 2.36. The molecule has 71 heavy (non-hydrogen) atoms. The van der Waals surface area contributed by atoms with Crippen molar-refractivity contribution in [2.75, 3.05) is 13.1 Å². The summed E-state index contributed by atoms with van der Waals surface area (Å²) in [4.78, 5) is 125. The summed E-state index contributed by atoms with van der Waals surface area (Å²) in [6, 6.07) is -2.45. The maximum Gasteiger partial charge on any atom is 0.326 e. The molecule has 9 atom stereocenters. The van der Waals surface area contributed by atoms with Crippen LogP contribution in [0.1, 0.15) is 112 Å². The van der Waals surface area contributed by atoms with Crippen molar-refractivity contribution in [2.45, 2.75) is 167 Å². The summed E-state index contributed by atoms with van der Waals surface area (Å²) in [6.45, 7) is 12.4. The lowest BCUT2D eigenvalue weighted by molar-refractivity contribution is -0.143. The smallest absolute Gasteiger partial charge is 0.326 e. The Labute approximate surface area is 416 Å². The second-order valence-corrected chi connectivity index (χ2v) is 19.0. The Morgan fingerprint density at radius 1 is 0.549 bits per heavy atom. The van der Waals surface area contributed by atoms with E-state index in [4.69, 9.17) is 28.7 Å². The molecule has 1 aromatic carbocycles. The number of nitrogens with zero attached hydrogens (tertiary/aromatic N) is 1. The molecule has 0 spiro atoms. The molecular formula is C47H81N13O11. The third-order valence-electron chi connectivity index (χ3n) is 10.9. The highest BCUT2D eigenvalue weighted by atomic mass is 16.4. The number of hydrogen-bond donors (Lipinski definition) is 14. The van der Waals surface area contributed by atoms with Gasteiger partial charge in [-0.1, -0.05) is 78.3 Å². The van der Waals surface area contributed by atoms with Gasteiger partial charge in [0.1, 0.15) is 42.3 Å². The van der Waals surface area contributed by atoms with Crippen LogP contribution in [0.25, 0.3) is 0 Å². The summed E-state index contributed by atoms with van der Waals surface area (Å²) in [6.07, 6.45) is -0.587. The maximum atomic E-state index is 14.3. The lowest BCUT2D eigenvalue weighted by Gasteiger charge is -2.29. The minimum Gasteiger partial charge on any atom is -0.480 e. The van der Waals surface area contributed by atoms with E-state index in [1.54, 1.807) is 58.0 Å². The maximum absolute atomic E-state index is 14.3. The van der Waals surface area contributed by atoms with Crippen molar-refractivity contribution >= 4 is 59.2 Å². The third-order valence-corrected chi connectivity index (χ3v) is 10.9. The van der Waals surface area contributed by atoms with Gasteiger partial charge in [0.2, 0.25) is 47.3 Å². The molecule has 0 saturated heterocycles. The monoisotopic (exact) mass is 1000 g/mol. The largest absolute Gasteiger partial charge is 0.480 e. The number of benzene rings is 1. The minimum absolute atomic E-state index is 0.0110. The van der Waals surface area contributed by atoms with Gasteiger partial charge < -0.3 is 76.1 Å². The number of carboxylic acids is 1.